The van der Waals surface area contributed by atoms with Crippen LogP contribution in [0.2, 0.25) is 5.02 Å². The Morgan fingerprint density at radius 2 is 1.91 bits per heavy atom. The van der Waals surface area contributed by atoms with Crippen LogP contribution in [0.3, 0.4) is 0 Å². The summed E-state index contributed by atoms with van der Waals surface area (Å²) in [6.07, 6.45) is 7.93. The maximum absolute atomic E-state index is 6.66. The van der Waals surface area contributed by atoms with Crippen LogP contribution in [0.5, 0.6) is 0 Å². The van der Waals surface area contributed by atoms with Crippen LogP contribution in [0.4, 0.5) is 11.5 Å². The van der Waals surface area contributed by atoms with E-state index in [-0.39, 0.29) is 6.10 Å². The van der Waals surface area contributed by atoms with E-state index in [1.165, 1.54) is 17.5 Å². The van der Waals surface area contributed by atoms with Crippen LogP contribution in [0, 0.1) is 12.3 Å². The van der Waals surface area contributed by atoms with Gasteiger partial charge in [0.25, 0.3) is 0 Å². The molecule has 1 N–H and O–H groups in total. The van der Waals surface area contributed by atoms with Gasteiger partial charge in [-0.15, -0.1) is 0 Å². The number of aliphatic imine (C=N–C) groups is 1. The molecule has 1 atom stereocenters. The molecule has 0 amide bonds. The quantitative estimate of drug-likeness (QED) is 0.221. The third kappa shape index (κ3) is 8.12. The van der Waals surface area contributed by atoms with Gasteiger partial charge < -0.3 is 10.1 Å². The summed E-state index contributed by atoms with van der Waals surface area (Å²) in [7, 11) is 0. The summed E-state index contributed by atoms with van der Waals surface area (Å²) in [5.41, 5.74) is 5.44. The minimum Gasteiger partial charge on any atom is -0.360 e. The van der Waals surface area contributed by atoms with Crippen LogP contribution < -0.4 is 5.32 Å². The van der Waals surface area contributed by atoms with Crippen molar-refractivity contribution in [3.63, 3.8) is 0 Å². The third-order valence-corrected chi connectivity index (χ3v) is 6.83. The predicted octanol–water partition coefficient (Wildman–Crippen LogP) is 8.77. The Hall–Kier alpha value is -1.91. The Balaban J connectivity index is 2.13. The summed E-state index contributed by atoms with van der Waals surface area (Å²) >= 11 is 6.66. The van der Waals surface area contributed by atoms with Gasteiger partial charge in [-0.25, -0.2) is 9.98 Å². The van der Waals surface area contributed by atoms with Crippen molar-refractivity contribution in [3.05, 3.63) is 40.4 Å². The molecule has 5 heteroatoms. The number of hydrogen-bond acceptors (Lipinski definition) is 4. The highest BCUT2D eigenvalue weighted by Crippen LogP contribution is 2.35. The van der Waals surface area contributed by atoms with E-state index in [9.17, 15) is 0 Å². The molecule has 0 aliphatic carbocycles. The Labute approximate surface area is 206 Å². The van der Waals surface area contributed by atoms with Crippen molar-refractivity contribution in [2.75, 3.05) is 12.0 Å². The van der Waals surface area contributed by atoms with Crippen molar-refractivity contribution < 1.29 is 4.74 Å². The Morgan fingerprint density at radius 3 is 2.55 bits per heavy atom. The minimum atomic E-state index is 0.237. The molecule has 0 aliphatic heterocycles. The van der Waals surface area contributed by atoms with Crippen LogP contribution >= 0.6 is 11.6 Å². The number of benzene rings is 1. The number of aromatic nitrogens is 1. The highest BCUT2D eigenvalue weighted by atomic mass is 35.5. The van der Waals surface area contributed by atoms with Gasteiger partial charge in [0.15, 0.2) is 5.82 Å². The standard InChI is InChI=1S/C28H42ClN3O/c1-8-11-21-17-22(14-13-20(21)4)26-24(29)18-25(27(30-7)32-26)31-19-33-23(12-9-2)15-16-28(5,6)10-3/h13-14,17-18,23,31H,7-12,15-16,19H2,1-6H3. The van der Waals surface area contributed by atoms with Crippen LogP contribution in [-0.2, 0) is 11.2 Å². The molecule has 1 aromatic carbocycles. The monoisotopic (exact) mass is 471 g/mol. The molecule has 0 aliphatic rings. The maximum atomic E-state index is 6.66. The topological polar surface area (TPSA) is 46.5 Å². The Morgan fingerprint density at radius 1 is 1.15 bits per heavy atom. The highest BCUT2D eigenvalue weighted by molar-refractivity contribution is 6.33. The van der Waals surface area contributed by atoms with Crippen molar-refractivity contribution >= 4 is 29.8 Å². The summed E-state index contributed by atoms with van der Waals surface area (Å²) < 4.78 is 6.19. The average molecular weight is 472 g/mol. The molecular formula is C28H42ClN3O. The van der Waals surface area contributed by atoms with Crippen LogP contribution in [0.15, 0.2) is 29.3 Å². The number of halogens is 1. The second-order valence-electron chi connectivity index (χ2n) is 9.69. The van der Waals surface area contributed by atoms with Crippen molar-refractivity contribution in [2.45, 2.75) is 92.6 Å². The molecule has 1 heterocycles. The molecule has 0 saturated carbocycles. The lowest BCUT2D eigenvalue weighted by Crippen LogP contribution is -2.21. The van der Waals surface area contributed by atoms with Gasteiger partial charge >= 0.3 is 0 Å². The number of nitrogens with one attached hydrogen (secondary N) is 1. The molecule has 0 fully saturated rings. The fourth-order valence-corrected chi connectivity index (χ4v) is 4.15. The average Bonchev–Trinajstić information content (AvgIpc) is 2.79. The maximum Gasteiger partial charge on any atom is 0.175 e. The molecule has 1 unspecified atom stereocenters. The van der Waals surface area contributed by atoms with Crippen LogP contribution in [0.1, 0.15) is 84.3 Å². The van der Waals surface area contributed by atoms with Crippen LogP contribution in [-0.4, -0.2) is 24.5 Å². The smallest absolute Gasteiger partial charge is 0.175 e. The van der Waals surface area contributed by atoms with Gasteiger partial charge in [0.1, 0.15) is 6.73 Å². The van der Waals surface area contributed by atoms with Gasteiger partial charge in [-0.3, -0.25) is 0 Å². The first-order chi connectivity index (χ1) is 15.7. The van der Waals surface area contributed by atoms with Gasteiger partial charge in [-0.2, -0.15) is 0 Å². The molecule has 33 heavy (non-hydrogen) atoms. The van der Waals surface area contributed by atoms with Gasteiger partial charge in [0.05, 0.1) is 22.5 Å². The van der Waals surface area contributed by atoms with Gasteiger partial charge in [0, 0.05) is 5.56 Å². The minimum absolute atomic E-state index is 0.237. The van der Waals surface area contributed by atoms with E-state index in [2.05, 4.69) is 76.8 Å². The summed E-state index contributed by atoms with van der Waals surface area (Å²) in [6, 6.07) is 8.26. The second kappa shape index (κ2) is 13.1. The third-order valence-electron chi connectivity index (χ3n) is 6.54. The van der Waals surface area contributed by atoms with Crippen molar-refractivity contribution in [1.29, 1.82) is 0 Å². The van der Waals surface area contributed by atoms with Crippen molar-refractivity contribution in [3.8, 4) is 11.3 Å². The molecule has 2 rings (SSSR count). The Bertz CT molecular complexity index is 910. The highest BCUT2D eigenvalue weighted by Gasteiger charge is 2.19. The summed E-state index contributed by atoms with van der Waals surface area (Å²) in [5, 5.41) is 3.91. The normalized spacial score (nSPS) is 12.6. The first-order valence-electron chi connectivity index (χ1n) is 12.4. The van der Waals surface area contributed by atoms with E-state index < -0.39 is 0 Å². The van der Waals surface area contributed by atoms with E-state index in [0.717, 1.165) is 55.5 Å². The molecule has 0 spiro atoms. The number of aryl methyl sites for hydroxylation is 2. The SMILES string of the molecule is C=Nc1nc(-c2ccc(C)c(CCC)c2)c(Cl)cc1NCOC(CCC)CCC(C)(C)CC. The Kier molecular flexibility index (Phi) is 10.9. The molecule has 0 radical (unpaired) electrons. The fourth-order valence-electron chi connectivity index (χ4n) is 3.89. The van der Waals surface area contributed by atoms with E-state index in [1.807, 2.05) is 6.07 Å². The second-order valence-corrected chi connectivity index (χ2v) is 10.1. The number of ether oxygens (including phenoxy) is 1. The van der Waals surface area contributed by atoms with E-state index in [1.54, 1.807) is 0 Å². The summed E-state index contributed by atoms with van der Waals surface area (Å²) in [5.74, 6) is 0.537. The van der Waals surface area contributed by atoms with E-state index in [4.69, 9.17) is 21.3 Å². The first-order valence-corrected chi connectivity index (χ1v) is 12.7. The predicted molar refractivity (Wildman–Crippen MR) is 144 cm³/mol. The lowest BCUT2D eigenvalue weighted by molar-refractivity contribution is 0.0440. The summed E-state index contributed by atoms with van der Waals surface area (Å²) in [4.78, 5) is 8.88. The molecule has 2 aromatic rings. The number of nitrogens with zero attached hydrogens (tertiary/aromatic N) is 2. The first kappa shape index (κ1) is 27.3. The van der Waals surface area contributed by atoms with E-state index >= 15 is 0 Å². The molecule has 0 saturated heterocycles. The van der Waals surface area contributed by atoms with E-state index in [0.29, 0.717) is 23.0 Å². The number of hydrogen-bond donors (Lipinski definition) is 1. The number of anilines is 1. The summed E-state index contributed by atoms with van der Waals surface area (Å²) in [6.45, 7) is 17.5. The van der Waals surface area contributed by atoms with Gasteiger partial charge in [-0.1, -0.05) is 77.6 Å². The van der Waals surface area contributed by atoms with Crippen LogP contribution in [0.25, 0.3) is 11.3 Å². The van der Waals surface area contributed by atoms with Gasteiger partial charge in [-0.05, 0) is 68.0 Å². The molecule has 1 aromatic heterocycles. The zero-order valence-corrected chi connectivity index (χ0v) is 22.2. The van der Waals surface area contributed by atoms with Crippen molar-refractivity contribution in [2.24, 2.45) is 10.4 Å². The lowest BCUT2D eigenvalue weighted by Gasteiger charge is -2.26. The zero-order chi connectivity index (χ0) is 24.4. The molecule has 182 valence electrons. The molecular weight excluding hydrogens is 430 g/mol. The number of rotatable bonds is 14. The molecule has 0 bridgehead atoms. The zero-order valence-electron chi connectivity index (χ0n) is 21.4. The fraction of sp³-hybridized carbons (Fsp3) is 0.571. The van der Waals surface area contributed by atoms with Crippen molar-refractivity contribution in [1.82, 2.24) is 4.98 Å². The lowest BCUT2D eigenvalue weighted by atomic mass is 9.84. The van der Waals surface area contributed by atoms with Gasteiger partial charge in [0.2, 0.25) is 0 Å². The largest absolute Gasteiger partial charge is 0.360 e. The molecule has 4 nitrogen and oxygen atoms in total. The number of pyridine rings is 1.